The first-order chi connectivity index (χ1) is 12.2. The Labute approximate surface area is 146 Å². The third-order valence-electron chi connectivity index (χ3n) is 5.26. The van der Waals surface area contributed by atoms with Crippen LogP contribution >= 0.6 is 0 Å². The van der Waals surface area contributed by atoms with Crippen LogP contribution in [0, 0.1) is 0 Å². The second kappa shape index (κ2) is 6.35. The molecule has 0 radical (unpaired) electrons. The van der Waals surface area contributed by atoms with Gasteiger partial charge in [-0.15, -0.1) is 0 Å². The summed E-state index contributed by atoms with van der Waals surface area (Å²) in [6.07, 6.45) is 6.79. The smallest absolute Gasteiger partial charge is 0.290 e. The lowest BCUT2D eigenvalue weighted by atomic mass is 9.94. The summed E-state index contributed by atoms with van der Waals surface area (Å²) in [6.45, 7) is 1.41. The monoisotopic (exact) mass is 338 g/mol. The number of carbonyl (C=O) groups is 1. The molecule has 0 unspecified atom stereocenters. The molecule has 25 heavy (non-hydrogen) atoms. The number of hydrogen-bond acceptors (Lipinski definition) is 4. The average Bonchev–Trinajstić information content (AvgIpc) is 3.45. The van der Waals surface area contributed by atoms with E-state index in [1.807, 2.05) is 35.2 Å². The number of rotatable bonds is 4. The number of nitrogens with zero attached hydrogens (tertiary/aromatic N) is 2. The molecule has 130 valence electrons. The first-order valence-electron chi connectivity index (χ1n) is 8.84. The third kappa shape index (κ3) is 3.04. The number of hydrogen-bond donors (Lipinski definition) is 2. The Morgan fingerprint density at radius 1 is 1.28 bits per heavy atom. The lowest BCUT2D eigenvalue weighted by molar-refractivity contribution is -0.124. The Balaban J connectivity index is 1.45. The van der Waals surface area contributed by atoms with Gasteiger partial charge in [-0.25, -0.2) is 4.98 Å². The molecule has 1 amide bonds. The van der Waals surface area contributed by atoms with Crippen LogP contribution in [0.5, 0.6) is 0 Å². The van der Waals surface area contributed by atoms with Gasteiger partial charge in [0.2, 0.25) is 5.91 Å². The highest BCUT2D eigenvalue weighted by Gasteiger charge is 2.51. The van der Waals surface area contributed by atoms with Crippen molar-refractivity contribution in [1.29, 1.82) is 0 Å². The van der Waals surface area contributed by atoms with Gasteiger partial charge in [-0.2, -0.15) is 0 Å². The summed E-state index contributed by atoms with van der Waals surface area (Å²) >= 11 is 0. The van der Waals surface area contributed by atoms with Crippen LogP contribution in [0.4, 0.5) is 5.82 Å². The highest BCUT2D eigenvalue weighted by molar-refractivity contribution is 5.91. The van der Waals surface area contributed by atoms with Gasteiger partial charge in [0, 0.05) is 31.5 Å². The Hall–Kier alpha value is -2.63. The number of H-pyrrole nitrogens is 1. The standard InChI is InChI=1S/C19H22N4O2/c24-17-16(20-10-11-21-17)23-12-4-7-15(13-23)22-18(25)19(8-9-19)14-5-2-1-3-6-14/h1-3,5-6,10-11,15H,4,7-9,12-13H2,(H,21,24)(H,22,25)/t15-/m1/s1. The maximum Gasteiger partial charge on any atom is 0.290 e. The fourth-order valence-corrected chi connectivity index (χ4v) is 3.71. The van der Waals surface area contributed by atoms with Crippen LogP contribution in [0.15, 0.2) is 47.5 Å². The molecule has 6 nitrogen and oxygen atoms in total. The lowest BCUT2D eigenvalue weighted by Crippen LogP contribution is -2.51. The third-order valence-corrected chi connectivity index (χ3v) is 5.26. The van der Waals surface area contributed by atoms with Crippen molar-refractivity contribution in [1.82, 2.24) is 15.3 Å². The first-order valence-corrected chi connectivity index (χ1v) is 8.84. The highest BCUT2D eigenvalue weighted by atomic mass is 16.2. The van der Waals surface area contributed by atoms with Crippen molar-refractivity contribution in [2.75, 3.05) is 18.0 Å². The van der Waals surface area contributed by atoms with Gasteiger partial charge in [0.15, 0.2) is 5.82 Å². The summed E-state index contributed by atoms with van der Waals surface area (Å²) in [5.41, 5.74) is 0.560. The van der Waals surface area contributed by atoms with Gasteiger partial charge in [0.1, 0.15) is 0 Å². The Bertz CT molecular complexity index is 813. The average molecular weight is 338 g/mol. The van der Waals surface area contributed by atoms with Crippen LogP contribution in [-0.4, -0.2) is 35.0 Å². The van der Waals surface area contributed by atoms with Crippen molar-refractivity contribution in [2.45, 2.75) is 37.1 Å². The van der Waals surface area contributed by atoms with Gasteiger partial charge < -0.3 is 15.2 Å². The van der Waals surface area contributed by atoms with Crippen LogP contribution < -0.4 is 15.8 Å². The molecule has 1 saturated heterocycles. The summed E-state index contributed by atoms with van der Waals surface area (Å²) in [5, 5.41) is 3.22. The highest BCUT2D eigenvalue weighted by Crippen LogP contribution is 2.48. The van der Waals surface area contributed by atoms with Crippen LogP contribution in [0.25, 0.3) is 0 Å². The zero-order chi connectivity index (χ0) is 17.3. The molecule has 0 bridgehead atoms. The Kier molecular flexibility index (Phi) is 4.03. The van der Waals surface area contributed by atoms with Crippen molar-refractivity contribution in [3.63, 3.8) is 0 Å². The summed E-state index contributed by atoms with van der Waals surface area (Å²) in [4.78, 5) is 33.7. The quantitative estimate of drug-likeness (QED) is 0.887. The molecule has 1 aliphatic heterocycles. The second-order valence-electron chi connectivity index (χ2n) is 6.95. The van der Waals surface area contributed by atoms with Crippen LogP contribution in [0.2, 0.25) is 0 Å². The minimum Gasteiger partial charge on any atom is -0.351 e. The van der Waals surface area contributed by atoms with Gasteiger partial charge >= 0.3 is 0 Å². The van der Waals surface area contributed by atoms with Gasteiger partial charge in [-0.05, 0) is 31.2 Å². The van der Waals surface area contributed by atoms with E-state index in [4.69, 9.17) is 0 Å². The van der Waals surface area contributed by atoms with Gasteiger partial charge in [-0.1, -0.05) is 30.3 Å². The van der Waals surface area contributed by atoms with Crippen molar-refractivity contribution in [2.24, 2.45) is 0 Å². The Morgan fingerprint density at radius 3 is 2.80 bits per heavy atom. The number of carbonyl (C=O) groups excluding carboxylic acids is 1. The molecule has 4 rings (SSSR count). The summed E-state index contributed by atoms with van der Waals surface area (Å²) in [6, 6.07) is 10.1. The molecular weight excluding hydrogens is 316 g/mol. The topological polar surface area (TPSA) is 78.1 Å². The predicted octanol–water partition coefficient (Wildman–Crippen LogP) is 1.59. The molecule has 1 aromatic heterocycles. The summed E-state index contributed by atoms with van der Waals surface area (Å²) in [5.74, 6) is 0.547. The molecule has 2 N–H and O–H groups in total. The van der Waals surface area contributed by atoms with E-state index in [0.717, 1.165) is 37.8 Å². The maximum atomic E-state index is 12.9. The van der Waals surface area contributed by atoms with Gasteiger partial charge in [0.25, 0.3) is 5.56 Å². The fraction of sp³-hybridized carbons (Fsp3) is 0.421. The second-order valence-corrected chi connectivity index (χ2v) is 6.95. The van der Waals surface area contributed by atoms with E-state index in [0.29, 0.717) is 12.4 Å². The van der Waals surface area contributed by atoms with Crippen molar-refractivity contribution in [3.8, 4) is 0 Å². The number of amides is 1. The van der Waals surface area contributed by atoms with Crippen LogP contribution in [0.3, 0.4) is 0 Å². The summed E-state index contributed by atoms with van der Waals surface area (Å²) in [7, 11) is 0. The maximum absolute atomic E-state index is 12.9. The number of benzene rings is 1. The normalized spacial score (nSPS) is 21.6. The van der Waals surface area contributed by atoms with Crippen LogP contribution in [-0.2, 0) is 10.2 Å². The number of aromatic amines is 1. The minimum atomic E-state index is -0.355. The predicted molar refractivity (Wildman–Crippen MR) is 95.6 cm³/mol. The zero-order valence-corrected chi connectivity index (χ0v) is 14.1. The fourth-order valence-electron chi connectivity index (χ4n) is 3.71. The zero-order valence-electron chi connectivity index (χ0n) is 14.1. The van der Waals surface area contributed by atoms with Crippen LogP contribution in [0.1, 0.15) is 31.2 Å². The summed E-state index contributed by atoms with van der Waals surface area (Å²) < 4.78 is 0. The number of nitrogens with one attached hydrogen (secondary N) is 2. The molecule has 2 heterocycles. The van der Waals surface area contributed by atoms with E-state index >= 15 is 0 Å². The van der Waals surface area contributed by atoms with Gasteiger partial charge in [0.05, 0.1) is 5.41 Å². The molecule has 1 aromatic carbocycles. The molecule has 2 aromatic rings. The van der Waals surface area contributed by atoms with E-state index < -0.39 is 0 Å². The van der Waals surface area contributed by atoms with Crippen molar-refractivity contribution < 1.29 is 4.79 Å². The van der Waals surface area contributed by atoms with Crippen molar-refractivity contribution >= 4 is 11.7 Å². The SMILES string of the molecule is O=C(N[C@@H]1CCCN(c2ncc[nH]c2=O)C1)C1(c2ccccc2)CC1. The molecule has 6 heteroatoms. The van der Waals surface area contributed by atoms with E-state index in [1.165, 1.54) is 6.20 Å². The van der Waals surface area contributed by atoms with E-state index in [9.17, 15) is 9.59 Å². The molecule has 1 atom stereocenters. The lowest BCUT2D eigenvalue weighted by Gasteiger charge is -2.34. The van der Waals surface area contributed by atoms with E-state index in [-0.39, 0.29) is 22.9 Å². The van der Waals surface area contributed by atoms with Crippen molar-refractivity contribution in [3.05, 3.63) is 58.6 Å². The number of piperidine rings is 1. The molecule has 2 fully saturated rings. The molecular formula is C19H22N4O2. The molecule has 2 aliphatic rings. The van der Waals surface area contributed by atoms with Gasteiger partial charge in [-0.3, -0.25) is 9.59 Å². The number of anilines is 1. The minimum absolute atomic E-state index is 0.0452. The largest absolute Gasteiger partial charge is 0.351 e. The first kappa shape index (κ1) is 15.9. The molecule has 1 aliphatic carbocycles. The van der Waals surface area contributed by atoms with E-state index in [1.54, 1.807) is 6.20 Å². The molecule has 0 spiro atoms. The number of aromatic nitrogens is 2. The Morgan fingerprint density at radius 2 is 2.08 bits per heavy atom. The molecule has 1 saturated carbocycles. The van der Waals surface area contributed by atoms with E-state index in [2.05, 4.69) is 15.3 Å².